The van der Waals surface area contributed by atoms with Gasteiger partial charge in [0.2, 0.25) is 5.75 Å². The van der Waals surface area contributed by atoms with Crippen molar-refractivity contribution < 1.29 is 18.9 Å². The molecule has 0 N–H and O–H groups in total. The van der Waals surface area contributed by atoms with Crippen molar-refractivity contribution in [1.82, 2.24) is 0 Å². The van der Waals surface area contributed by atoms with Crippen LogP contribution in [0.25, 0.3) is 0 Å². The SMILES string of the molecule is C=C(C)C1(C)COc2cc(OC)c(OC)c(OC)c21. The second kappa shape index (κ2) is 4.68. The molecule has 1 heterocycles. The molecule has 1 aliphatic heterocycles. The molecule has 0 saturated carbocycles. The summed E-state index contributed by atoms with van der Waals surface area (Å²) in [7, 11) is 4.81. The van der Waals surface area contributed by atoms with Crippen LogP contribution in [0.4, 0.5) is 0 Å². The molecule has 0 spiro atoms. The van der Waals surface area contributed by atoms with E-state index in [0.29, 0.717) is 23.9 Å². The third-order valence-electron chi connectivity index (χ3n) is 3.80. The van der Waals surface area contributed by atoms with E-state index < -0.39 is 0 Å². The average Bonchev–Trinajstić information content (AvgIpc) is 2.75. The number of fused-ring (bicyclic) bond motifs is 1. The standard InChI is InChI=1S/C15H20O4/c1-9(2)15(3)8-19-10-7-11(16-4)13(17-5)14(18-6)12(10)15/h7H,1,8H2,2-6H3. The highest BCUT2D eigenvalue weighted by Gasteiger charge is 2.42. The summed E-state index contributed by atoms with van der Waals surface area (Å²) in [5.74, 6) is 2.60. The molecule has 0 fully saturated rings. The Morgan fingerprint density at radius 3 is 2.32 bits per heavy atom. The Morgan fingerprint density at radius 2 is 1.84 bits per heavy atom. The molecular formula is C15H20O4. The van der Waals surface area contributed by atoms with E-state index >= 15 is 0 Å². The van der Waals surface area contributed by atoms with Crippen molar-refractivity contribution in [1.29, 1.82) is 0 Å². The predicted molar refractivity (Wildman–Crippen MR) is 73.8 cm³/mol. The minimum Gasteiger partial charge on any atom is -0.493 e. The van der Waals surface area contributed by atoms with Gasteiger partial charge in [-0.3, -0.25) is 0 Å². The first-order valence-electron chi connectivity index (χ1n) is 6.11. The van der Waals surface area contributed by atoms with Crippen molar-refractivity contribution in [3.05, 3.63) is 23.8 Å². The summed E-state index contributed by atoms with van der Waals surface area (Å²) >= 11 is 0. The Kier molecular flexibility index (Phi) is 3.35. The Labute approximate surface area is 113 Å². The lowest BCUT2D eigenvalue weighted by molar-refractivity contribution is 0.298. The first-order valence-corrected chi connectivity index (χ1v) is 6.11. The van der Waals surface area contributed by atoms with Gasteiger partial charge < -0.3 is 18.9 Å². The van der Waals surface area contributed by atoms with Crippen LogP contribution in [-0.2, 0) is 5.41 Å². The van der Waals surface area contributed by atoms with Crippen molar-refractivity contribution in [2.45, 2.75) is 19.3 Å². The minimum absolute atomic E-state index is 0.278. The number of hydrogen-bond donors (Lipinski definition) is 0. The third kappa shape index (κ3) is 1.82. The average molecular weight is 264 g/mol. The Bertz CT molecular complexity index is 521. The van der Waals surface area contributed by atoms with E-state index in [1.807, 2.05) is 13.0 Å². The molecule has 1 aromatic rings. The second-order valence-corrected chi connectivity index (χ2v) is 4.92. The molecule has 0 bridgehead atoms. The number of hydrogen-bond acceptors (Lipinski definition) is 4. The van der Waals surface area contributed by atoms with Gasteiger partial charge in [0, 0.05) is 6.07 Å². The molecule has 1 aliphatic rings. The molecule has 0 aromatic heterocycles. The van der Waals surface area contributed by atoms with Crippen molar-refractivity contribution in [3.63, 3.8) is 0 Å². The smallest absolute Gasteiger partial charge is 0.203 e. The van der Waals surface area contributed by atoms with Crippen molar-refractivity contribution >= 4 is 0 Å². The lowest BCUT2D eigenvalue weighted by atomic mass is 9.78. The largest absolute Gasteiger partial charge is 0.493 e. The molecule has 4 heteroatoms. The monoisotopic (exact) mass is 264 g/mol. The normalized spacial score (nSPS) is 20.5. The van der Waals surface area contributed by atoms with Crippen LogP contribution in [-0.4, -0.2) is 27.9 Å². The predicted octanol–water partition coefficient (Wildman–Crippen LogP) is 2.94. The number of methoxy groups -OCH3 is 3. The van der Waals surface area contributed by atoms with Crippen molar-refractivity contribution in [2.24, 2.45) is 0 Å². The molecule has 0 aliphatic carbocycles. The van der Waals surface area contributed by atoms with E-state index in [9.17, 15) is 0 Å². The maximum absolute atomic E-state index is 5.78. The summed E-state index contributed by atoms with van der Waals surface area (Å²) < 4.78 is 22.1. The van der Waals surface area contributed by atoms with E-state index in [1.54, 1.807) is 21.3 Å². The molecule has 1 unspecified atom stereocenters. The van der Waals surface area contributed by atoms with Gasteiger partial charge in [-0.25, -0.2) is 0 Å². The summed E-state index contributed by atoms with van der Waals surface area (Å²) in [4.78, 5) is 0. The van der Waals surface area contributed by atoms with Crippen LogP contribution in [0.3, 0.4) is 0 Å². The van der Waals surface area contributed by atoms with Gasteiger partial charge in [0.05, 0.1) is 32.3 Å². The fraction of sp³-hybridized carbons (Fsp3) is 0.467. The van der Waals surface area contributed by atoms with E-state index in [1.165, 1.54) is 0 Å². The van der Waals surface area contributed by atoms with E-state index in [0.717, 1.165) is 16.9 Å². The zero-order valence-electron chi connectivity index (χ0n) is 12.1. The Morgan fingerprint density at radius 1 is 1.21 bits per heavy atom. The van der Waals surface area contributed by atoms with Crippen LogP contribution >= 0.6 is 0 Å². The number of rotatable bonds is 4. The van der Waals surface area contributed by atoms with Crippen molar-refractivity contribution in [2.75, 3.05) is 27.9 Å². The van der Waals surface area contributed by atoms with Crippen molar-refractivity contribution in [3.8, 4) is 23.0 Å². The summed E-state index contributed by atoms with van der Waals surface area (Å²) in [5.41, 5.74) is 1.72. The van der Waals surface area contributed by atoms with Gasteiger partial charge in [-0.05, 0) is 13.8 Å². The zero-order chi connectivity index (χ0) is 14.2. The first kappa shape index (κ1) is 13.6. The van der Waals surface area contributed by atoms with Gasteiger partial charge >= 0.3 is 0 Å². The van der Waals surface area contributed by atoms with Gasteiger partial charge in [0.15, 0.2) is 11.5 Å². The second-order valence-electron chi connectivity index (χ2n) is 4.92. The lowest BCUT2D eigenvalue weighted by Gasteiger charge is -2.25. The molecule has 0 amide bonds. The Balaban J connectivity index is 2.75. The molecule has 104 valence electrons. The van der Waals surface area contributed by atoms with Crippen LogP contribution < -0.4 is 18.9 Å². The topological polar surface area (TPSA) is 36.9 Å². The van der Waals surface area contributed by atoms with Gasteiger partial charge in [-0.2, -0.15) is 0 Å². The van der Waals surface area contributed by atoms with E-state index in [-0.39, 0.29) is 5.41 Å². The van der Waals surface area contributed by atoms with E-state index in [4.69, 9.17) is 18.9 Å². The van der Waals surface area contributed by atoms with E-state index in [2.05, 4.69) is 13.5 Å². The summed E-state index contributed by atoms with van der Waals surface area (Å²) in [6, 6.07) is 1.84. The molecule has 0 saturated heterocycles. The summed E-state index contributed by atoms with van der Waals surface area (Å²) in [6.07, 6.45) is 0. The van der Waals surface area contributed by atoms with Gasteiger partial charge in [-0.15, -0.1) is 0 Å². The lowest BCUT2D eigenvalue weighted by Crippen LogP contribution is -2.25. The highest BCUT2D eigenvalue weighted by atomic mass is 16.5. The zero-order valence-corrected chi connectivity index (χ0v) is 12.1. The van der Waals surface area contributed by atoms with Crippen LogP contribution in [0.5, 0.6) is 23.0 Å². The molecule has 1 atom stereocenters. The van der Waals surface area contributed by atoms with Crippen LogP contribution in [0, 0.1) is 0 Å². The van der Waals surface area contributed by atoms with Gasteiger partial charge in [-0.1, -0.05) is 12.2 Å². The maximum atomic E-state index is 5.78. The highest BCUT2D eigenvalue weighted by Crippen LogP contribution is 2.54. The third-order valence-corrected chi connectivity index (χ3v) is 3.80. The number of benzene rings is 1. The summed E-state index contributed by atoms with van der Waals surface area (Å²) in [6.45, 7) is 8.71. The fourth-order valence-corrected chi connectivity index (χ4v) is 2.40. The Hall–Kier alpha value is -1.84. The highest BCUT2D eigenvalue weighted by molar-refractivity contribution is 5.67. The molecule has 1 aromatic carbocycles. The summed E-state index contributed by atoms with van der Waals surface area (Å²) in [5, 5.41) is 0. The molecule has 0 radical (unpaired) electrons. The minimum atomic E-state index is -0.278. The van der Waals surface area contributed by atoms with Gasteiger partial charge in [0.1, 0.15) is 12.4 Å². The van der Waals surface area contributed by atoms with Crippen LogP contribution in [0.1, 0.15) is 19.4 Å². The van der Waals surface area contributed by atoms with Crippen LogP contribution in [0.15, 0.2) is 18.2 Å². The molecular weight excluding hydrogens is 244 g/mol. The fourth-order valence-electron chi connectivity index (χ4n) is 2.40. The molecule has 2 rings (SSSR count). The molecule has 19 heavy (non-hydrogen) atoms. The van der Waals surface area contributed by atoms with Gasteiger partial charge in [0.25, 0.3) is 0 Å². The quantitative estimate of drug-likeness (QED) is 0.783. The number of ether oxygens (including phenoxy) is 4. The maximum Gasteiger partial charge on any atom is 0.203 e. The van der Waals surface area contributed by atoms with Crippen LogP contribution in [0.2, 0.25) is 0 Å². The molecule has 4 nitrogen and oxygen atoms in total. The first-order chi connectivity index (χ1) is 8.99.